The highest BCUT2D eigenvalue weighted by molar-refractivity contribution is 4.54. The molecule has 0 amide bonds. The van der Waals surface area contributed by atoms with Crippen LogP contribution < -0.4 is 0 Å². The Bertz CT molecular complexity index is 238. The quantitative estimate of drug-likeness (QED) is 0.245. The van der Waals surface area contributed by atoms with Crippen molar-refractivity contribution >= 4 is 0 Å². The predicted molar refractivity (Wildman–Crippen MR) is 217 cm³/mol. The Balaban J connectivity index is 0. The molecule has 0 unspecified atom stereocenters. The van der Waals surface area contributed by atoms with Crippen LogP contribution in [0, 0.1) is 0 Å². The molecule has 0 aliphatic heterocycles. The van der Waals surface area contributed by atoms with E-state index in [0.29, 0.717) is 0 Å². The van der Waals surface area contributed by atoms with Gasteiger partial charge in [-0.3, -0.25) is 0 Å². The van der Waals surface area contributed by atoms with Gasteiger partial charge in [-0.25, -0.2) is 0 Å². The summed E-state index contributed by atoms with van der Waals surface area (Å²) in [4.78, 5) is 0. The van der Waals surface area contributed by atoms with Gasteiger partial charge in [-0.15, -0.1) is 0 Å². The Morgan fingerprint density at radius 1 is 0.130 bits per heavy atom. The van der Waals surface area contributed by atoms with E-state index in [1.54, 1.807) is 0 Å². The molecule has 0 aromatic rings. The first-order valence-electron chi connectivity index (χ1n) is 22.8. The molecule has 46 heavy (non-hydrogen) atoms. The molecule has 0 bridgehead atoms. The van der Waals surface area contributed by atoms with E-state index in [2.05, 4.69) is 27.7 Å². The van der Waals surface area contributed by atoms with Gasteiger partial charge in [-0.2, -0.15) is 0 Å². The molecule has 10 saturated carbocycles. The molecule has 0 spiro atoms. The topological polar surface area (TPSA) is 0 Å². The lowest BCUT2D eigenvalue weighted by molar-refractivity contribution is 0.504. The van der Waals surface area contributed by atoms with Crippen LogP contribution in [0.2, 0.25) is 0 Å². The molecule has 10 aliphatic rings. The van der Waals surface area contributed by atoms with Gasteiger partial charge in [-0.1, -0.05) is 297 Å². The summed E-state index contributed by atoms with van der Waals surface area (Å²) in [5.41, 5.74) is 0. The number of hydrogen-bond donors (Lipinski definition) is 0. The van der Waals surface area contributed by atoms with Crippen molar-refractivity contribution in [1.29, 1.82) is 0 Å². The van der Waals surface area contributed by atoms with Crippen molar-refractivity contribution in [3.05, 3.63) is 0 Å². The van der Waals surface area contributed by atoms with Crippen molar-refractivity contribution in [2.45, 2.75) is 297 Å². The number of rotatable bonds is 0. The van der Waals surface area contributed by atoms with Gasteiger partial charge in [0.25, 0.3) is 0 Å². The van der Waals surface area contributed by atoms with Crippen LogP contribution >= 0.6 is 0 Å². The summed E-state index contributed by atoms with van der Waals surface area (Å²) in [5, 5.41) is 0. The lowest BCUT2D eigenvalue weighted by atomic mass is 10.0. The van der Waals surface area contributed by atoms with Crippen LogP contribution in [0.5, 0.6) is 0 Å². The monoisotopic (exact) mass is 649 g/mol. The van der Waals surface area contributed by atoms with E-state index in [0.717, 1.165) is 0 Å². The molecule has 0 heterocycles. The molecule has 10 fully saturated rings. The zero-order valence-electron chi connectivity index (χ0n) is 33.7. The van der Waals surface area contributed by atoms with E-state index in [1.807, 2.05) is 0 Å². The van der Waals surface area contributed by atoms with E-state index in [-0.39, 0.29) is 0 Å². The molecule has 0 atom stereocenters. The molecule has 0 aromatic carbocycles. The maximum atomic E-state index is 2.12. The van der Waals surface area contributed by atoms with Gasteiger partial charge in [-0.05, 0) is 0 Å². The van der Waals surface area contributed by atoms with Crippen molar-refractivity contribution in [2.75, 3.05) is 0 Å². The van der Waals surface area contributed by atoms with Crippen molar-refractivity contribution < 1.29 is 0 Å². The fourth-order valence-corrected chi connectivity index (χ4v) is 2.50. The Hall–Kier alpha value is 0. The van der Waals surface area contributed by atoms with Crippen LogP contribution in [0.1, 0.15) is 297 Å². The zero-order chi connectivity index (χ0) is 33.7. The van der Waals surface area contributed by atoms with Gasteiger partial charge in [0.2, 0.25) is 0 Å². The standard InChI is InChI=1S/10C4H8.2C3H8/c10*1-2-4-3-1;2*1-3-2/h10*1-4H2;2*3H2,1-2H3. The highest BCUT2D eigenvalue weighted by Gasteiger charge is 1.98. The molecular formula is C46H96. The molecule has 10 rings (SSSR count). The Labute approximate surface area is 296 Å². The van der Waals surface area contributed by atoms with Gasteiger partial charge in [0.15, 0.2) is 0 Å². The minimum absolute atomic E-state index is 1.25. The minimum Gasteiger partial charge on any atom is -0.0656 e. The summed E-state index contributed by atoms with van der Waals surface area (Å²) in [7, 11) is 0. The molecule has 0 aromatic heterocycles. The maximum Gasteiger partial charge on any atom is -0.0533 e. The average Bonchev–Trinajstić information content (AvgIpc) is 2.54. The van der Waals surface area contributed by atoms with Crippen LogP contribution in [0.25, 0.3) is 0 Å². The molecular weight excluding hydrogens is 553 g/mol. The first-order valence-corrected chi connectivity index (χ1v) is 22.8. The average molecular weight is 649 g/mol. The third-order valence-electron chi connectivity index (χ3n) is 10.00. The highest BCUT2D eigenvalue weighted by atomic mass is 14.0. The summed E-state index contributed by atoms with van der Waals surface area (Å²) in [5.74, 6) is 0. The van der Waals surface area contributed by atoms with Crippen molar-refractivity contribution in [3.63, 3.8) is 0 Å². The lowest BCUT2D eigenvalue weighted by Crippen LogP contribution is -1.85. The third-order valence-corrected chi connectivity index (χ3v) is 10.00. The van der Waals surface area contributed by atoms with E-state index in [1.165, 1.54) is 270 Å². The van der Waals surface area contributed by atoms with Gasteiger partial charge < -0.3 is 0 Å². The molecule has 0 heteroatoms. The molecule has 0 saturated heterocycles. The van der Waals surface area contributed by atoms with Crippen molar-refractivity contribution in [1.82, 2.24) is 0 Å². The van der Waals surface area contributed by atoms with Gasteiger partial charge in [0.1, 0.15) is 0 Å². The molecule has 280 valence electrons. The van der Waals surface area contributed by atoms with Gasteiger partial charge in [0, 0.05) is 0 Å². The van der Waals surface area contributed by atoms with Crippen molar-refractivity contribution in [2.24, 2.45) is 0 Å². The molecule has 0 N–H and O–H groups in total. The minimum atomic E-state index is 1.25. The summed E-state index contributed by atoms with van der Waals surface area (Å²) in [6.45, 7) is 8.50. The van der Waals surface area contributed by atoms with E-state index >= 15 is 0 Å². The van der Waals surface area contributed by atoms with Crippen LogP contribution in [0.4, 0.5) is 0 Å². The fourth-order valence-electron chi connectivity index (χ4n) is 2.50. The maximum absolute atomic E-state index is 2.12. The fraction of sp³-hybridized carbons (Fsp3) is 1.00. The second kappa shape index (κ2) is 49.4. The molecule has 10 aliphatic carbocycles. The Morgan fingerprint density at radius 2 is 0.152 bits per heavy atom. The SMILES string of the molecule is C1CCC1.C1CCC1.C1CCC1.C1CCC1.C1CCC1.C1CCC1.C1CCC1.C1CCC1.C1CCC1.C1CCC1.CCC.CCC. The highest BCUT2D eigenvalue weighted by Crippen LogP contribution is 2.18. The van der Waals surface area contributed by atoms with Crippen LogP contribution in [-0.2, 0) is 0 Å². The first kappa shape index (κ1) is 48.1. The largest absolute Gasteiger partial charge is 0.0656 e. The summed E-state index contributed by atoms with van der Waals surface area (Å²) < 4.78 is 0. The Morgan fingerprint density at radius 3 is 0.152 bits per heavy atom. The normalized spacial score (nSPS) is 21.7. The van der Waals surface area contributed by atoms with Crippen LogP contribution in [0.15, 0.2) is 0 Å². The summed E-state index contributed by atoms with van der Waals surface area (Å²) in [6, 6.07) is 0. The van der Waals surface area contributed by atoms with Crippen molar-refractivity contribution in [3.8, 4) is 0 Å². The summed E-state index contributed by atoms with van der Waals surface area (Å²) in [6.07, 6.45) is 62.5. The third kappa shape index (κ3) is 50.8. The second-order valence-electron chi connectivity index (χ2n) is 15.6. The lowest BCUT2D eigenvalue weighted by Gasteiger charge is -2.05. The summed E-state index contributed by atoms with van der Waals surface area (Å²) >= 11 is 0. The van der Waals surface area contributed by atoms with Crippen LogP contribution in [-0.4, -0.2) is 0 Å². The van der Waals surface area contributed by atoms with Crippen LogP contribution in [0.3, 0.4) is 0 Å². The van der Waals surface area contributed by atoms with E-state index in [9.17, 15) is 0 Å². The first-order chi connectivity index (χ1) is 22.8. The smallest absolute Gasteiger partial charge is 0.0533 e. The van der Waals surface area contributed by atoms with Gasteiger partial charge in [0.05, 0.1) is 0 Å². The number of hydrogen-bond acceptors (Lipinski definition) is 0. The second-order valence-corrected chi connectivity index (χ2v) is 15.6. The molecule has 0 nitrogen and oxygen atoms in total. The van der Waals surface area contributed by atoms with E-state index < -0.39 is 0 Å². The predicted octanol–water partition coefficient (Wildman–Crippen LogP) is 18.4. The zero-order valence-corrected chi connectivity index (χ0v) is 33.7. The molecule has 0 radical (unpaired) electrons. The van der Waals surface area contributed by atoms with Gasteiger partial charge >= 0.3 is 0 Å². The Kier molecular flexibility index (Phi) is 51.7. The van der Waals surface area contributed by atoms with E-state index in [4.69, 9.17) is 0 Å².